The maximum Gasteiger partial charge on any atom is 0.262 e. The summed E-state index contributed by atoms with van der Waals surface area (Å²) < 4.78 is 11.0. The van der Waals surface area contributed by atoms with Crippen LogP contribution in [0.4, 0.5) is 0 Å². The van der Waals surface area contributed by atoms with Crippen molar-refractivity contribution in [3.63, 3.8) is 0 Å². The summed E-state index contributed by atoms with van der Waals surface area (Å²) in [7, 11) is 0. The largest absolute Gasteiger partial charge is 0.483 e. The van der Waals surface area contributed by atoms with Crippen molar-refractivity contribution in [2.75, 3.05) is 32.9 Å². The van der Waals surface area contributed by atoms with Crippen molar-refractivity contribution in [2.45, 2.75) is 19.9 Å². The average Bonchev–Trinajstić information content (AvgIpc) is 2.88. The summed E-state index contributed by atoms with van der Waals surface area (Å²) in [6.07, 6.45) is 1.36. The maximum atomic E-state index is 12.8. The molecule has 2 aromatic carbocycles. The molecule has 2 aromatic rings. The first kappa shape index (κ1) is 28.7. The van der Waals surface area contributed by atoms with Gasteiger partial charge in [0.25, 0.3) is 17.7 Å². The normalized spacial score (nSPS) is 14.5. The smallest absolute Gasteiger partial charge is 0.262 e. The molecule has 37 heavy (non-hydrogen) atoms. The summed E-state index contributed by atoms with van der Waals surface area (Å²) in [5, 5.41) is 7.67. The standard InChI is InChI=1S/C25H27Cl3N4O5/c1-15(2)23(30-24(34)16-3-5-19(27)20(28)12-16)25(35)31-29-13-17-11-18(26)4-6-21(17)37-14-22(33)32-7-9-36-10-8-32/h3-6,11-13,15,23H,7-10,14H2,1-2H3,(H,30,34)(H,31,35)/b29-13-. The highest BCUT2D eigenvalue weighted by Crippen LogP contribution is 2.23. The Morgan fingerprint density at radius 2 is 1.81 bits per heavy atom. The van der Waals surface area contributed by atoms with Gasteiger partial charge in [0.2, 0.25) is 0 Å². The van der Waals surface area contributed by atoms with Crippen molar-refractivity contribution in [3.8, 4) is 5.75 Å². The summed E-state index contributed by atoms with van der Waals surface area (Å²) in [4.78, 5) is 39.5. The highest BCUT2D eigenvalue weighted by Gasteiger charge is 2.25. The van der Waals surface area contributed by atoms with Gasteiger partial charge in [0.15, 0.2) is 6.61 Å². The number of nitrogens with one attached hydrogen (secondary N) is 2. The van der Waals surface area contributed by atoms with Gasteiger partial charge in [-0.15, -0.1) is 0 Å². The highest BCUT2D eigenvalue weighted by molar-refractivity contribution is 6.42. The molecule has 1 saturated heterocycles. The zero-order chi connectivity index (χ0) is 26.9. The number of rotatable bonds is 9. The lowest BCUT2D eigenvalue weighted by molar-refractivity contribution is -0.137. The Morgan fingerprint density at radius 3 is 2.49 bits per heavy atom. The Bertz CT molecular complexity index is 1170. The summed E-state index contributed by atoms with van der Waals surface area (Å²) in [6.45, 7) is 5.44. The van der Waals surface area contributed by atoms with Crippen molar-refractivity contribution in [1.29, 1.82) is 0 Å². The molecule has 0 saturated carbocycles. The number of morpholine rings is 1. The van der Waals surface area contributed by atoms with Crippen LogP contribution in [-0.4, -0.2) is 67.8 Å². The van der Waals surface area contributed by atoms with E-state index in [9.17, 15) is 14.4 Å². The van der Waals surface area contributed by atoms with Gasteiger partial charge in [-0.3, -0.25) is 14.4 Å². The zero-order valence-corrected chi connectivity index (χ0v) is 22.6. The summed E-state index contributed by atoms with van der Waals surface area (Å²) >= 11 is 18.0. The number of ether oxygens (including phenoxy) is 2. The Morgan fingerprint density at radius 1 is 1.08 bits per heavy atom. The molecule has 2 N–H and O–H groups in total. The maximum absolute atomic E-state index is 12.8. The minimum atomic E-state index is -0.875. The highest BCUT2D eigenvalue weighted by atomic mass is 35.5. The third-order valence-corrected chi connectivity index (χ3v) is 6.46. The molecule has 0 aliphatic carbocycles. The minimum Gasteiger partial charge on any atom is -0.483 e. The topological polar surface area (TPSA) is 109 Å². The van der Waals surface area contributed by atoms with Gasteiger partial charge in [-0.1, -0.05) is 48.7 Å². The second-order valence-electron chi connectivity index (χ2n) is 8.52. The van der Waals surface area contributed by atoms with E-state index in [1.54, 1.807) is 36.9 Å². The van der Waals surface area contributed by atoms with Gasteiger partial charge >= 0.3 is 0 Å². The number of hydrogen-bond donors (Lipinski definition) is 2. The van der Waals surface area contributed by atoms with E-state index in [4.69, 9.17) is 44.3 Å². The second-order valence-corrected chi connectivity index (χ2v) is 9.77. The first-order valence-corrected chi connectivity index (χ1v) is 12.7. The third-order valence-electron chi connectivity index (χ3n) is 5.48. The Labute approximate surface area is 230 Å². The van der Waals surface area contributed by atoms with Crippen LogP contribution in [-0.2, 0) is 14.3 Å². The van der Waals surface area contributed by atoms with Crippen LogP contribution in [0.1, 0.15) is 29.8 Å². The molecule has 0 radical (unpaired) electrons. The van der Waals surface area contributed by atoms with Crippen LogP contribution < -0.4 is 15.5 Å². The monoisotopic (exact) mass is 568 g/mol. The molecule has 12 heteroatoms. The number of amides is 3. The lowest BCUT2D eigenvalue weighted by atomic mass is 10.0. The third kappa shape index (κ3) is 8.33. The number of hydrazone groups is 1. The molecule has 198 valence electrons. The first-order valence-electron chi connectivity index (χ1n) is 11.5. The van der Waals surface area contributed by atoms with Gasteiger partial charge in [-0.25, -0.2) is 5.43 Å². The molecule has 1 atom stereocenters. The van der Waals surface area contributed by atoms with E-state index in [-0.39, 0.29) is 29.0 Å². The van der Waals surface area contributed by atoms with E-state index in [0.717, 1.165) is 0 Å². The minimum absolute atomic E-state index is 0.160. The molecule has 9 nitrogen and oxygen atoms in total. The van der Waals surface area contributed by atoms with E-state index < -0.39 is 17.9 Å². The van der Waals surface area contributed by atoms with Crippen LogP contribution in [0.3, 0.4) is 0 Å². The van der Waals surface area contributed by atoms with Crippen molar-refractivity contribution in [3.05, 3.63) is 62.6 Å². The Hall–Kier alpha value is -2.85. The fraction of sp³-hybridized carbons (Fsp3) is 0.360. The van der Waals surface area contributed by atoms with Crippen LogP contribution >= 0.6 is 34.8 Å². The molecule has 0 spiro atoms. The van der Waals surface area contributed by atoms with Gasteiger partial charge in [0, 0.05) is 29.2 Å². The Balaban J connectivity index is 1.63. The van der Waals surface area contributed by atoms with Crippen molar-refractivity contribution in [1.82, 2.24) is 15.6 Å². The van der Waals surface area contributed by atoms with Crippen LogP contribution in [0.15, 0.2) is 41.5 Å². The van der Waals surface area contributed by atoms with Crippen LogP contribution in [0.2, 0.25) is 15.1 Å². The van der Waals surface area contributed by atoms with Gasteiger partial charge in [0.1, 0.15) is 11.8 Å². The Kier molecular flexibility index (Phi) is 10.6. The van der Waals surface area contributed by atoms with E-state index in [1.807, 2.05) is 0 Å². The SMILES string of the molecule is CC(C)C(NC(=O)c1ccc(Cl)c(Cl)c1)C(=O)N/N=C\c1cc(Cl)ccc1OCC(=O)N1CCOCC1. The molecule has 3 rings (SSSR count). The van der Waals surface area contributed by atoms with E-state index >= 15 is 0 Å². The average molecular weight is 570 g/mol. The molecule has 0 bridgehead atoms. The van der Waals surface area contributed by atoms with Crippen molar-refractivity contribution >= 4 is 58.7 Å². The summed E-state index contributed by atoms with van der Waals surface area (Å²) in [6, 6.07) is 8.41. The van der Waals surface area contributed by atoms with Gasteiger partial charge < -0.3 is 19.7 Å². The summed E-state index contributed by atoms with van der Waals surface area (Å²) in [5.41, 5.74) is 3.16. The second kappa shape index (κ2) is 13.6. The lowest BCUT2D eigenvalue weighted by Gasteiger charge is -2.26. The van der Waals surface area contributed by atoms with Crippen LogP contribution in [0, 0.1) is 5.92 Å². The summed E-state index contributed by atoms with van der Waals surface area (Å²) in [5.74, 6) is -1.03. The van der Waals surface area contributed by atoms with Crippen LogP contribution in [0.5, 0.6) is 5.75 Å². The molecule has 0 aromatic heterocycles. The predicted molar refractivity (Wildman–Crippen MR) is 143 cm³/mol. The number of benzene rings is 2. The van der Waals surface area contributed by atoms with Gasteiger partial charge in [-0.05, 0) is 42.3 Å². The van der Waals surface area contributed by atoms with E-state index in [0.29, 0.717) is 47.7 Å². The molecule has 3 amide bonds. The van der Waals surface area contributed by atoms with Gasteiger partial charge in [-0.2, -0.15) is 5.10 Å². The molecule has 1 aliphatic heterocycles. The molecule has 1 aliphatic rings. The predicted octanol–water partition coefficient (Wildman–Crippen LogP) is 3.79. The molecule has 1 heterocycles. The number of halogens is 3. The number of nitrogens with zero attached hydrogens (tertiary/aromatic N) is 2. The first-order chi connectivity index (χ1) is 17.7. The van der Waals surface area contributed by atoms with E-state index in [2.05, 4.69) is 15.8 Å². The fourth-order valence-corrected chi connectivity index (χ4v) is 3.91. The lowest BCUT2D eigenvalue weighted by Crippen LogP contribution is -2.48. The zero-order valence-electron chi connectivity index (χ0n) is 20.3. The van der Waals surface area contributed by atoms with E-state index in [1.165, 1.54) is 24.4 Å². The number of hydrogen-bond acceptors (Lipinski definition) is 6. The fourth-order valence-electron chi connectivity index (χ4n) is 3.43. The van der Waals surface area contributed by atoms with Crippen molar-refractivity contribution < 1.29 is 23.9 Å². The molecular weight excluding hydrogens is 543 g/mol. The number of carbonyl (C=O) groups excluding carboxylic acids is 3. The van der Waals surface area contributed by atoms with Crippen molar-refractivity contribution in [2.24, 2.45) is 11.0 Å². The molecule has 1 fully saturated rings. The molecule has 1 unspecified atom stereocenters. The van der Waals surface area contributed by atoms with Crippen LogP contribution in [0.25, 0.3) is 0 Å². The van der Waals surface area contributed by atoms with Gasteiger partial charge in [0.05, 0.1) is 29.5 Å². The number of carbonyl (C=O) groups is 3. The quantitative estimate of drug-likeness (QED) is 0.353. The molecular formula is C25H27Cl3N4O5.